The van der Waals surface area contributed by atoms with Gasteiger partial charge in [-0.2, -0.15) is 0 Å². The van der Waals surface area contributed by atoms with Crippen molar-refractivity contribution in [1.29, 1.82) is 0 Å². The minimum atomic E-state index is -0.348. The maximum Gasteiger partial charge on any atom is 0.249 e. The van der Waals surface area contributed by atoms with Gasteiger partial charge in [-0.25, -0.2) is 0 Å². The molecule has 2 rings (SSSR count). The molecule has 1 heterocycles. The van der Waals surface area contributed by atoms with Gasteiger partial charge in [0.2, 0.25) is 11.8 Å². The Kier molecular flexibility index (Phi) is 6.12. The fourth-order valence-corrected chi connectivity index (χ4v) is 3.30. The number of nitrogens with one attached hydrogen (secondary N) is 1. The van der Waals surface area contributed by atoms with Gasteiger partial charge in [0.25, 0.3) is 0 Å². The van der Waals surface area contributed by atoms with Crippen molar-refractivity contribution in [1.82, 2.24) is 4.90 Å². The molecular weight excluding hydrogens is 316 g/mol. The fraction of sp³-hybridized carbons (Fsp3) is 0.450. The third kappa shape index (κ3) is 5.28. The number of piperidine rings is 1. The molecule has 0 spiro atoms. The number of anilines is 1. The van der Waals surface area contributed by atoms with Crippen LogP contribution in [-0.2, 0) is 9.59 Å². The second-order valence-corrected chi connectivity index (χ2v) is 7.11. The molecular formula is C20H26N2O3. The Balaban J connectivity index is 1.99. The number of rotatable bonds is 4. The van der Waals surface area contributed by atoms with Gasteiger partial charge in [-0.3, -0.25) is 14.4 Å². The molecule has 1 fully saturated rings. The molecule has 0 radical (unpaired) electrons. The van der Waals surface area contributed by atoms with Crippen LogP contribution in [0.25, 0.3) is 0 Å². The van der Waals surface area contributed by atoms with E-state index in [9.17, 15) is 14.4 Å². The molecule has 1 aromatic carbocycles. The third-order valence-electron chi connectivity index (χ3n) is 4.40. The molecule has 2 unspecified atom stereocenters. The van der Waals surface area contributed by atoms with Crippen molar-refractivity contribution in [2.45, 2.75) is 34.1 Å². The van der Waals surface area contributed by atoms with Crippen molar-refractivity contribution >= 4 is 23.3 Å². The maximum atomic E-state index is 12.5. The van der Waals surface area contributed by atoms with Crippen LogP contribution in [0.15, 0.2) is 35.9 Å². The number of carbonyl (C=O) groups excluding carboxylic acids is 3. The van der Waals surface area contributed by atoms with Gasteiger partial charge in [-0.05, 0) is 56.4 Å². The van der Waals surface area contributed by atoms with E-state index in [2.05, 4.69) is 19.2 Å². The zero-order valence-electron chi connectivity index (χ0n) is 15.3. The van der Waals surface area contributed by atoms with Crippen LogP contribution in [-0.4, -0.2) is 35.6 Å². The van der Waals surface area contributed by atoms with Gasteiger partial charge in [0.1, 0.15) is 0 Å². The number of hydrogen-bond acceptors (Lipinski definition) is 3. The van der Waals surface area contributed by atoms with Crippen LogP contribution in [0, 0.1) is 11.8 Å². The van der Waals surface area contributed by atoms with Gasteiger partial charge in [-0.1, -0.05) is 13.8 Å². The van der Waals surface area contributed by atoms with E-state index in [1.54, 1.807) is 31.2 Å². The summed E-state index contributed by atoms with van der Waals surface area (Å²) in [4.78, 5) is 37.8. The maximum absolute atomic E-state index is 12.5. The Morgan fingerprint density at radius 1 is 1.04 bits per heavy atom. The first kappa shape index (κ1) is 18.9. The average molecular weight is 342 g/mol. The summed E-state index contributed by atoms with van der Waals surface area (Å²) in [6.07, 6.45) is 2.47. The quantitative estimate of drug-likeness (QED) is 0.674. The standard InChI is InChI=1S/C20H26N2O3/c1-13-9-14(2)12-22(11-13)20(25)15(3)10-19(24)21-18-7-5-17(6-8-18)16(4)23/h5-8,10,13-14H,9,11-12H2,1-4H3,(H,21,24)/b15-10-. The van der Waals surface area contributed by atoms with Crippen LogP contribution in [0.2, 0.25) is 0 Å². The first-order valence-corrected chi connectivity index (χ1v) is 8.65. The van der Waals surface area contributed by atoms with E-state index in [-0.39, 0.29) is 17.6 Å². The minimum absolute atomic E-state index is 0.0239. The number of Topliss-reactive ketones (excluding diaryl/α,β-unsaturated/α-hetero) is 1. The van der Waals surface area contributed by atoms with E-state index in [4.69, 9.17) is 0 Å². The number of amides is 2. The Morgan fingerprint density at radius 2 is 1.60 bits per heavy atom. The summed E-state index contributed by atoms with van der Waals surface area (Å²) >= 11 is 0. The summed E-state index contributed by atoms with van der Waals surface area (Å²) in [6, 6.07) is 6.67. The molecule has 2 atom stereocenters. The number of likely N-dealkylation sites (tertiary alicyclic amines) is 1. The molecule has 0 saturated carbocycles. The van der Waals surface area contributed by atoms with Crippen molar-refractivity contribution in [3.63, 3.8) is 0 Å². The van der Waals surface area contributed by atoms with Gasteiger partial charge in [0.15, 0.2) is 5.78 Å². The lowest BCUT2D eigenvalue weighted by Gasteiger charge is -2.35. The van der Waals surface area contributed by atoms with Crippen LogP contribution in [0.3, 0.4) is 0 Å². The van der Waals surface area contributed by atoms with Crippen molar-refractivity contribution in [3.8, 4) is 0 Å². The van der Waals surface area contributed by atoms with Crippen LogP contribution in [0.1, 0.15) is 44.5 Å². The summed E-state index contributed by atoms with van der Waals surface area (Å²) < 4.78 is 0. The summed E-state index contributed by atoms with van der Waals surface area (Å²) in [6.45, 7) is 8.93. The van der Waals surface area contributed by atoms with Crippen LogP contribution in [0.4, 0.5) is 5.69 Å². The summed E-state index contributed by atoms with van der Waals surface area (Å²) in [5.74, 6) is 0.507. The van der Waals surface area contributed by atoms with Gasteiger partial charge in [0.05, 0.1) is 0 Å². The van der Waals surface area contributed by atoms with Crippen molar-refractivity contribution in [2.75, 3.05) is 18.4 Å². The second-order valence-electron chi connectivity index (χ2n) is 7.11. The van der Waals surface area contributed by atoms with Crippen molar-refractivity contribution in [3.05, 3.63) is 41.5 Å². The van der Waals surface area contributed by atoms with Crippen LogP contribution < -0.4 is 5.32 Å². The molecule has 1 N–H and O–H groups in total. The molecule has 1 aliphatic rings. The number of carbonyl (C=O) groups is 3. The highest BCUT2D eigenvalue weighted by atomic mass is 16.2. The summed E-state index contributed by atoms with van der Waals surface area (Å²) in [5.41, 5.74) is 1.61. The molecule has 0 bridgehead atoms. The lowest BCUT2D eigenvalue weighted by atomic mass is 9.91. The van der Waals surface area contributed by atoms with E-state index in [1.165, 1.54) is 13.0 Å². The van der Waals surface area contributed by atoms with Gasteiger partial charge >= 0.3 is 0 Å². The van der Waals surface area contributed by atoms with E-state index >= 15 is 0 Å². The zero-order valence-corrected chi connectivity index (χ0v) is 15.3. The largest absolute Gasteiger partial charge is 0.338 e. The van der Waals surface area contributed by atoms with Gasteiger partial charge in [0, 0.05) is 36.0 Å². The highest BCUT2D eigenvalue weighted by molar-refractivity contribution is 6.06. The van der Waals surface area contributed by atoms with Crippen LogP contribution >= 0.6 is 0 Å². The van der Waals surface area contributed by atoms with E-state index < -0.39 is 0 Å². The van der Waals surface area contributed by atoms with Crippen LogP contribution in [0.5, 0.6) is 0 Å². The lowest BCUT2D eigenvalue weighted by Crippen LogP contribution is -2.43. The van der Waals surface area contributed by atoms with Crippen molar-refractivity contribution in [2.24, 2.45) is 11.8 Å². The highest BCUT2D eigenvalue weighted by Gasteiger charge is 2.26. The lowest BCUT2D eigenvalue weighted by molar-refractivity contribution is -0.130. The molecule has 25 heavy (non-hydrogen) atoms. The fourth-order valence-electron chi connectivity index (χ4n) is 3.30. The van der Waals surface area contributed by atoms with E-state index in [1.807, 2.05) is 4.90 Å². The molecule has 0 aliphatic carbocycles. The zero-order chi connectivity index (χ0) is 18.6. The first-order chi connectivity index (χ1) is 11.8. The number of ketones is 1. The predicted octanol–water partition coefficient (Wildman–Crippen LogP) is 3.28. The monoisotopic (exact) mass is 342 g/mol. The Labute approximate surface area is 149 Å². The Hall–Kier alpha value is -2.43. The Bertz CT molecular complexity index is 681. The minimum Gasteiger partial charge on any atom is -0.338 e. The molecule has 5 nitrogen and oxygen atoms in total. The first-order valence-electron chi connectivity index (χ1n) is 8.65. The topological polar surface area (TPSA) is 66.5 Å². The van der Waals surface area contributed by atoms with E-state index in [0.717, 1.165) is 19.5 Å². The van der Waals surface area contributed by atoms with E-state index in [0.29, 0.717) is 28.7 Å². The van der Waals surface area contributed by atoms with Crippen molar-refractivity contribution < 1.29 is 14.4 Å². The number of nitrogens with zero attached hydrogens (tertiary/aromatic N) is 1. The smallest absolute Gasteiger partial charge is 0.249 e. The molecule has 0 aromatic heterocycles. The predicted molar refractivity (Wildman–Crippen MR) is 98.4 cm³/mol. The molecule has 134 valence electrons. The number of hydrogen-bond donors (Lipinski definition) is 1. The third-order valence-corrected chi connectivity index (χ3v) is 4.40. The summed E-state index contributed by atoms with van der Waals surface area (Å²) in [5, 5.41) is 2.72. The van der Waals surface area contributed by atoms with Gasteiger partial charge < -0.3 is 10.2 Å². The highest BCUT2D eigenvalue weighted by Crippen LogP contribution is 2.22. The molecule has 1 aromatic rings. The SMILES string of the molecule is CC(=O)c1ccc(NC(=O)/C=C(/C)C(=O)N2CC(C)CC(C)C2)cc1. The Morgan fingerprint density at radius 3 is 2.12 bits per heavy atom. The van der Waals surface area contributed by atoms with Gasteiger partial charge in [-0.15, -0.1) is 0 Å². The average Bonchev–Trinajstić information content (AvgIpc) is 2.53. The summed E-state index contributed by atoms with van der Waals surface area (Å²) in [7, 11) is 0. The molecule has 1 aliphatic heterocycles. The molecule has 1 saturated heterocycles. The molecule has 2 amide bonds. The number of benzene rings is 1. The molecule has 5 heteroatoms. The second kappa shape index (κ2) is 8.10. The normalized spacial score (nSPS) is 21.0.